The van der Waals surface area contributed by atoms with Gasteiger partial charge in [-0.15, -0.1) is 0 Å². The van der Waals surface area contributed by atoms with E-state index in [4.69, 9.17) is 14.2 Å². The predicted molar refractivity (Wildman–Crippen MR) is 121 cm³/mol. The van der Waals surface area contributed by atoms with Gasteiger partial charge in [0.05, 0.1) is 0 Å². The SMILES string of the molecule is O=C(/C=C/c1ccc(O)c(O)c1)O[C@@H]1[C@H](OC(=O)/C=C/c2ccc(O)c(O)c2)C[C@@]2(O)C[C@H]1OC2=O. The van der Waals surface area contributed by atoms with Gasteiger partial charge >= 0.3 is 17.9 Å². The highest BCUT2D eigenvalue weighted by Crippen LogP contribution is 2.41. The Morgan fingerprint density at radius 3 is 1.89 bits per heavy atom. The van der Waals surface area contributed by atoms with Crippen LogP contribution >= 0.6 is 0 Å². The Kier molecular flexibility index (Phi) is 6.58. The molecule has 0 unspecified atom stereocenters. The molecule has 2 aliphatic rings. The number of carbonyl (C=O) groups excluding carboxylic acids is 3. The van der Waals surface area contributed by atoms with Crippen LogP contribution in [0.1, 0.15) is 24.0 Å². The lowest BCUT2D eigenvalue weighted by molar-refractivity contribution is -0.178. The van der Waals surface area contributed by atoms with Crippen LogP contribution in [0.2, 0.25) is 0 Å². The van der Waals surface area contributed by atoms with E-state index in [9.17, 15) is 39.9 Å². The number of aliphatic hydroxyl groups is 1. The van der Waals surface area contributed by atoms with E-state index in [0.717, 1.165) is 12.2 Å². The third kappa shape index (κ3) is 5.26. The van der Waals surface area contributed by atoms with Crippen molar-refractivity contribution in [2.45, 2.75) is 36.8 Å². The molecule has 1 aliphatic heterocycles. The molecule has 2 fully saturated rings. The zero-order valence-electron chi connectivity index (χ0n) is 18.6. The molecule has 0 amide bonds. The fourth-order valence-electron chi connectivity index (χ4n) is 3.98. The summed E-state index contributed by atoms with van der Waals surface area (Å²) in [6.07, 6.45) is 0.764. The topological polar surface area (TPSA) is 180 Å². The third-order valence-electron chi connectivity index (χ3n) is 5.79. The Labute approximate surface area is 204 Å². The molecule has 188 valence electrons. The second-order valence-corrected chi connectivity index (χ2v) is 8.42. The lowest BCUT2D eigenvalue weighted by Crippen LogP contribution is -2.51. The van der Waals surface area contributed by atoms with Gasteiger partial charge in [-0.2, -0.15) is 0 Å². The smallest absolute Gasteiger partial charge is 0.338 e. The number of ether oxygens (including phenoxy) is 3. The summed E-state index contributed by atoms with van der Waals surface area (Å²) < 4.78 is 15.9. The molecule has 0 aromatic heterocycles. The first-order chi connectivity index (χ1) is 17.0. The van der Waals surface area contributed by atoms with Gasteiger partial charge < -0.3 is 39.7 Å². The monoisotopic (exact) mass is 498 g/mol. The number of hydrogen-bond donors (Lipinski definition) is 5. The number of hydrogen-bond acceptors (Lipinski definition) is 11. The predicted octanol–water partition coefficient (Wildman–Crippen LogP) is 1.51. The number of phenols is 4. The third-order valence-corrected chi connectivity index (χ3v) is 5.79. The van der Waals surface area contributed by atoms with Gasteiger partial charge in [-0.1, -0.05) is 12.1 Å². The number of aromatic hydroxyl groups is 4. The number of benzene rings is 2. The summed E-state index contributed by atoms with van der Waals surface area (Å²) in [6, 6.07) is 7.81. The number of phenolic OH excluding ortho intramolecular Hbond substituents is 4. The summed E-state index contributed by atoms with van der Waals surface area (Å²) in [5.74, 6) is -4.05. The van der Waals surface area contributed by atoms with Crippen LogP contribution in [0.15, 0.2) is 48.6 Å². The highest BCUT2D eigenvalue weighted by Gasteiger charge is 2.60. The number of esters is 3. The fraction of sp³-hybridized carbons (Fsp3) is 0.240. The molecule has 2 aromatic carbocycles. The van der Waals surface area contributed by atoms with E-state index in [1.165, 1.54) is 48.6 Å². The van der Waals surface area contributed by atoms with Gasteiger partial charge in [0, 0.05) is 25.0 Å². The number of fused-ring (bicyclic) bond motifs is 2. The van der Waals surface area contributed by atoms with Gasteiger partial charge in [0.25, 0.3) is 0 Å². The molecule has 5 N–H and O–H groups in total. The summed E-state index contributed by atoms with van der Waals surface area (Å²) in [6.45, 7) is 0. The van der Waals surface area contributed by atoms with Crippen LogP contribution in [-0.4, -0.2) is 67.4 Å². The normalized spacial score (nSPS) is 25.1. The van der Waals surface area contributed by atoms with Crippen molar-refractivity contribution in [1.82, 2.24) is 0 Å². The molecule has 1 saturated carbocycles. The first kappa shape index (κ1) is 24.6. The minimum atomic E-state index is -1.88. The molecule has 11 nitrogen and oxygen atoms in total. The van der Waals surface area contributed by atoms with Crippen LogP contribution in [0, 0.1) is 0 Å². The molecule has 4 rings (SSSR count). The zero-order chi connectivity index (χ0) is 26.0. The van der Waals surface area contributed by atoms with Crippen molar-refractivity contribution in [3.05, 3.63) is 59.7 Å². The summed E-state index contributed by atoms with van der Waals surface area (Å²) in [5.41, 5.74) is -1.11. The number of rotatable bonds is 6. The summed E-state index contributed by atoms with van der Waals surface area (Å²) in [4.78, 5) is 37.0. The van der Waals surface area contributed by atoms with Crippen molar-refractivity contribution in [3.63, 3.8) is 0 Å². The van der Waals surface area contributed by atoms with Crippen molar-refractivity contribution in [1.29, 1.82) is 0 Å². The fourth-order valence-corrected chi connectivity index (χ4v) is 3.98. The molecular weight excluding hydrogens is 476 g/mol. The van der Waals surface area contributed by atoms with Crippen LogP contribution < -0.4 is 0 Å². The quantitative estimate of drug-likeness (QED) is 0.169. The van der Waals surface area contributed by atoms with Crippen LogP contribution in [-0.2, 0) is 28.6 Å². The van der Waals surface area contributed by atoms with Crippen molar-refractivity contribution in [2.75, 3.05) is 0 Å². The summed E-state index contributed by atoms with van der Waals surface area (Å²) >= 11 is 0. The van der Waals surface area contributed by atoms with Gasteiger partial charge in [0.15, 0.2) is 34.7 Å². The maximum absolute atomic E-state index is 12.5. The van der Waals surface area contributed by atoms with Crippen LogP contribution in [0.25, 0.3) is 12.2 Å². The maximum Gasteiger partial charge on any atom is 0.338 e. The van der Waals surface area contributed by atoms with E-state index >= 15 is 0 Å². The Morgan fingerprint density at radius 1 is 0.833 bits per heavy atom. The van der Waals surface area contributed by atoms with E-state index in [2.05, 4.69) is 0 Å². The van der Waals surface area contributed by atoms with Gasteiger partial charge in [0.2, 0.25) is 0 Å². The molecular formula is C25H22O11. The molecule has 1 aliphatic carbocycles. The first-order valence-electron chi connectivity index (χ1n) is 10.8. The minimum absolute atomic E-state index is 0.143. The lowest BCUT2D eigenvalue weighted by Gasteiger charge is -2.35. The summed E-state index contributed by atoms with van der Waals surface area (Å²) in [5, 5.41) is 48.4. The zero-order valence-corrected chi connectivity index (χ0v) is 18.6. The average Bonchev–Trinajstić information content (AvgIpc) is 3.07. The Morgan fingerprint density at radius 2 is 1.36 bits per heavy atom. The van der Waals surface area contributed by atoms with E-state index in [1.807, 2.05) is 0 Å². The highest BCUT2D eigenvalue weighted by molar-refractivity contribution is 5.89. The van der Waals surface area contributed by atoms with E-state index in [1.54, 1.807) is 0 Å². The van der Waals surface area contributed by atoms with Crippen molar-refractivity contribution < 1.29 is 54.1 Å². The van der Waals surface area contributed by atoms with Crippen LogP contribution in [0.5, 0.6) is 23.0 Å². The van der Waals surface area contributed by atoms with Crippen LogP contribution in [0.4, 0.5) is 0 Å². The van der Waals surface area contributed by atoms with E-state index in [-0.39, 0.29) is 35.8 Å². The molecule has 4 atom stereocenters. The van der Waals surface area contributed by atoms with E-state index in [0.29, 0.717) is 11.1 Å². The minimum Gasteiger partial charge on any atom is -0.504 e. The second-order valence-electron chi connectivity index (χ2n) is 8.42. The van der Waals surface area contributed by atoms with Crippen LogP contribution in [0.3, 0.4) is 0 Å². The van der Waals surface area contributed by atoms with Gasteiger partial charge in [-0.3, -0.25) is 0 Å². The molecule has 1 saturated heterocycles. The average molecular weight is 498 g/mol. The van der Waals surface area contributed by atoms with Crippen molar-refractivity contribution in [2.24, 2.45) is 0 Å². The Bertz CT molecular complexity index is 1260. The summed E-state index contributed by atoms with van der Waals surface area (Å²) in [7, 11) is 0. The molecule has 0 spiro atoms. The standard InChI is InChI=1S/C25H22O11/c26-15-5-1-13(9-17(15)28)3-7-21(30)34-19-11-25(33)12-20(35-24(25)32)23(19)36-22(31)8-4-14-2-6-16(27)18(29)10-14/h1-10,19-20,23,26-29,33H,11-12H2/b7-3+,8-4+/t19-,20-,23-,25-/m1/s1. The van der Waals surface area contributed by atoms with Crippen molar-refractivity contribution >= 4 is 30.1 Å². The highest BCUT2D eigenvalue weighted by atomic mass is 16.6. The molecule has 36 heavy (non-hydrogen) atoms. The maximum atomic E-state index is 12.5. The number of carbonyl (C=O) groups is 3. The lowest BCUT2D eigenvalue weighted by atomic mass is 9.82. The molecule has 1 heterocycles. The van der Waals surface area contributed by atoms with Gasteiger partial charge in [0.1, 0.15) is 12.2 Å². The van der Waals surface area contributed by atoms with Gasteiger partial charge in [-0.05, 0) is 47.5 Å². The largest absolute Gasteiger partial charge is 0.504 e. The molecule has 2 aromatic rings. The van der Waals surface area contributed by atoms with Gasteiger partial charge in [-0.25, -0.2) is 14.4 Å². The second kappa shape index (κ2) is 9.62. The Hall–Kier alpha value is -4.51. The van der Waals surface area contributed by atoms with Crippen molar-refractivity contribution in [3.8, 4) is 23.0 Å². The molecule has 11 heteroatoms. The Balaban J connectivity index is 1.46. The molecule has 2 bridgehead atoms. The van der Waals surface area contributed by atoms with E-state index < -0.39 is 41.8 Å². The first-order valence-corrected chi connectivity index (χ1v) is 10.8. The molecule has 0 radical (unpaired) electrons.